The Labute approximate surface area is 187 Å². The first kappa shape index (κ1) is 20.2. The molecular weight excluding hydrogens is 398 g/mol. The zero-order chi connectivity index (χ0) is 22.2. The van der Waals surface area contributed by atoms with Crippen LogP contribution in [0.15, 0.2) is 84.3 Å². The van der Waals surface area contributed by atoms with Crippen LogP contribution in [0.1, 0.15) is 48.4 Å². The van der Waals surface area contributed by atoms with Crippen molar-refractivity contribution in [1.82, 2.24) is 4.98 Å². The lowest BCUT2D eigenvalue weighted by Gasteiger charge is -2.34. The number of Topliss-reactive ketones (excluding diaryl/α,β-unsaturated/α-hetero) is 1. The zero-order valence-electron chi connectivity index (χ0n) is 18.2. The highest BCUT2D eigenvalue weighted by Gasteiger charge is 2.40. The SMILES string of the molecule is CC(=O)N1c2ccccc2NC2=C(C(=O)C[C@@H](c3ccc(C)cc3)C2)[C@H]1c1cccnc1. The van der Waals surface area contributed by atoms with Gasteiger partial charge in [0.2, 0.25) is 5.91 Å². The molecule has 1 aliphatic heterocycles. The number of hydrogen-bond acceptors (Lipinski definition) is 4. The predicted octanol–water partition coefficient (Wildman–Crippen LogP) is 5.31. The fourth-order valence-corrected chi connectivity index (χ4v) is 4.87. The molecule has 5 heteroatoms. The molecule has 0 radical (unpaired) electrons. The maximum Gasteiger partial charge on any atom is 0.224 e. The molecule has 3 aromatic rings. The fourth-order valence-electron chi connectivity index (χ4n) is 4.87. The van der Waals surface area contributed by atoms with Gasteiger partial charge < -0.3 is 5.32 Å². The first-order valence-electron chi connectivity index (χ1n) is 10.9. The van der Waals surface area contributed by atoms with E-state index in [1.54, 1.807) is 24.2 Å². The largest absolute Gasteiger partial charge is 0.357 e. The van der Waals surface area contributed by atoms with Crippen molar-refractivity contribution < 1.29 is 9.59 Å². The third kappa shape index (κ3) is 3.50. The summed E-state index contributed by atoms with van der Waals surface area (Å²) in [5.74, 6) is 0.0486. The van der Waals surface area contributed by atoms with Gasteiger partial charge >= 0.3 is 0 Å². The number of nitrogens with zero attached hydrogens (tertiary/aromatic N) is 2. The summed E-state index contributed by atoms with van der Waals surface area (Å²) in [5.41, 5.74) is 6.34. The maximum absolute atomic E-state index is 13.7. The van der Waals surface area contributed by atoms with Crippen LogP contribution >= 0.6 is 0 Å². The highest BCUT2D eigenvalue weighted by Crippen LogP contribution is 2.47. The molecule has 2 heterocycles. The van der Waals surface area contributed by atoms with E-state index in [-0.39, 0.29) is 17.6 Å². The summed E-state index contributed by atoms with van der Waals surface area (Å²) in [6.07, 6.45) is 4.58. The zero-order valence-corrected chi connectivity index (χ0v) is 18.2. The average Bonchev–Trinajstić information content (AvgIpc) is 2.94. The second-order valence-corrected chi connectivity index (χ2v) is 8.55. The number of nitrogens with one attached hydrogen (secondary N) is 1. The smallest absolute Gasteiger partial charge is 0.224 e. The highest BCUT2D eigenvalue weighted by molar-refractivity contribution is 6.05. The van der Waals surface area contributed by atoms with Gasteiger partial charge in [0.1, 0.15) is 0 Å². The van der Waals surface area contributed by atoms with Crippen molar-refractivity contribution >= 4 is 23.1 Å². The van der Waals surface area contributed by atoms with Gasteiger partial charge in [-0.15, -0.1) is 0 Å². The molecule has 1 N–H and O–H groups in total. The van der Waals surface area contributed by atoms with E-state index < -0.39 is 6.04 Å². The monoisotopic (exact) mass is 423 g/mol. The number of rotatable bonds is 2. The number of fused-ring (bicyclic) bond motifs is 1. The Morgan fingerprint density at radius 3 is 2.50 bits per heavy atom. The summed E-state index contributed by atoms with van der Waals surface area (Å²) in [6, 6.07) is 19.4. The molecule has 0 saturated carbocycles. The average molecular weight is 424 g/mol. The van der Waals surface area contributed by atoms with Crippen LogP contribution < -0.4 is 10.2 Å². The molecular formula is C27H25N3O2. The molecule has 5 rings (SSSR count). The summed E-state index contributed by atoms with van der Waals surface area (Å²) >= 11 is 0. The molecule has 2 aliphatic rings. The van der Waals surface area contributed by atoms with E-state index in [9.17, 15) is 9.59 Å². The quantitative estimate of drug-likeness (QED) is 0.607. The Bertz CT molecular complexity index is 1220. The van der Waals surface area contributed by atoms with Gasteiger partial charge in [0.25, 0.3) is 0 Å². The fraction of sp³-hybridized carbons (Fsp3) is 0.222. The Morgan fingerprint density at radius 1 is 1.00 bits per heavy atom. The number of ketones is 1. The number of carbonyl (C=O) groups is 2. The second-order valence-electron chi connectivity index (χ2n) is 8.55. The Balaban J connectivity index is 1.68. The molecule has 1 aromatic heterocycles. The van der Waals surface area contributed by atoms with Crippen LogP contribution in [-0.2, 0) is 9.59 Å². The summed E-state index contributed by atoms with van der Waals surface area (Å²) in [6.45, 7) is 3.61. The van der Waals surface area contributed by atoms with Gasteiger partial charge in [-0.2, -0.15) is 0 Å². The molecule has 160 valence electrons. The van der Waals surface area contributed by atoms with Gasteiger partial charge in [-0.05, 0) is 48.6 Å². The van der Waals surface area contributed by atoms with E-state index in [1.165, 1.54) is 5.56 Å². The van der Waals surface area contributed by atoms with E-state index in [2.05, 4.69) is 41.5 Å². The number of hydrogen-bond donors (Lipinski definition) is 1. The van der Waals surface area contributed by atoms with Crippen LogP contribution in [0.3, 0.4) is 0 Å². The third-order valence-corrected chi connectivity index (χ3v) is 6.38. The van der Waals surface area contributed by atoms with Gasteiger partial charge in [-0.1, -0.05) is 48.0 Å². The van der Waals surface area contributed by atoms with Gasteiger partial charge in [0.05, 0.1) is 17.4 Å². The molecule has 0 spiro atoms. The Morgan fingerprint density at radius 2 is 1.78 bits per heavy atom. The molecule has 1 aliphatic carbocycles. The number of amides is 1. The molecule has 5 nitrogen and oxygen atoms in total. The second kappa shape index (κ2) is 8.08. The standard InChI is InChI=1S/C27H25N3O2/c1-17-9-11-19(12-10-17)21-14-23-26(25(32)15-21)27(20-6-5-13-28-16-20)30(18(2)31)24-8-4-3-7-22(24)29-23/h3-13,16,21,27,29H,14-15H2,1-2H3/t21-,27+/m0/s1. The molecule has 0 fully saturated rings. The minimum Gasteiger partial charge on any atom is -0.357 e. The molecule has 32 heavy (non-hydrogen) atoms. The topological polar surface area (TPSA) is 62.3 Å². The van der Waals surface area contributed by atoms with Crippen LogP contribution in [0.25, 0.3) is 0 Å². The summed E-state index contributed by atoms with van der Waals surface area (Å²) in [5, 5.41) is 3.53. The molecule has 1 amide bonds. The number of pyridine rings is 1. The molecule has 2 atom stereocenters. The summed E-state index contributed by atoms with van der Waals surface area (Å²) < 4.78 is 0. The van der Waals surface area contributed by atoms with E-state index in [0.717, 1.165) is 28.2 Å². The van der Waals surface area contributed by atoms with Crippen molar-refractivity contribution in [2.75, 3.05) is 10.2 Å². The van der Waals surface area contributed by atoms with E-state index in [0.29, 0.717) is 18.4 Å². The lowest BCUT2D eigenvalue weighted by atomic mass is 9.78. The lowest BCUT2D eigenvalue weighted by Crippen LogP contribution is -2.37. The van der Waals surface area contributed by atoms with E-state index in [1.807, 2.05) is 36.4 Å². The normalized spacial score (nSPS) is 20.2. The molecule has 0 bridgehead atoms. The van der Waals surface area contributed by atoms with Gasteiger partial charge in [0.15, 0.2) is 5.78 Å². The number of para-hydroxylation sites is 2. The molecule has 2 aromatic carbocycles. The van der Waals surface area contributed by atoms with Crippen LogP contribution in [0, 0.1) is 6.92 Å². The third-order valence-electron chi connectivity index (χ3n) is 6.38. The van der Waals surface area contributed by atoms with Crippen LogP contribution in [0.2, 0.25) is 0 Å². The maximum atomic E-state index is 13.7. The summed E-state index contributed by atoms with van der Waals surface area (Å²) in [4.78, 5) is 32.6. The minimum atomic E-state index is -0.515. The first-order valence-corrected chi connectivity index (χ1v) is 10.9. The van der Waals surface area contributed by atoms with Crippen molar-refractivity contribution in [3.8, 4) is 0 Å². The lowest BCUT2D eigenvalue weighted by molar-refractivity contribution is -0.117. The van der Waals surface area contributed by atoms with Crippen LogP contribution in [-0.4, -0.2) is 16.7 Å². The van der Waals surface area contributed by atoms with Gasteiger partial charge in [-0.25, -0.2) is 0 Å². The molecule has 0 saturated heterocycles. The van der Waals surface area contributed by atoms with E-state index >= 15 is 0 Å². The van der Waals surface area contributed by atoms with Crippen molar-refractivity contribution in [3.63, 3.8) is 0 Å². The van der Waals surface area contributed by atoms with Crippen molar-refractivity contribution in [2.45, 2.75) is 38.6 Å². The highest BCUT2D eigenvalue weighted by atomic mass is 16.2. The van der Waals surface area contributed by atoms with E-state index in [4.69, 9.17) is 0 Å². The first-order chi connectivity index (χ1) is 15.5. The number of benzene rings is 2. The number of allylic oxidation sites excluding steroid dienone is 1. The van der Waals surface area contributed by atoms with Crippen LogP contribution in [0.4, 0.5) is 11.4 Å². The summed E-state index contributed by atoms with van der Waals surface area (Å²) in [7, 11) is 0. The number of carbonyl (C=O) groups excluding carboxylic acids is 2. The molecule has 0 unspecified atom stereocenters. The van der Waals surface area contributed by atoms with Crippen molar-refractivity contribution in [3.05, 3.63) is 101 Å². The predicted molar refractivity (Wildman–Crippen MR) is 125 cm³/mol. The number of aromatic nitrogens is 1. The Kier molecular flexibility index (Phi) is 5.10. The van der Waals surface area contributed by atoms with Gasteiger partial charge in [-0.3, -0.25) is 19.5 Å². The minimum absolute atomic E-state index is 0.0669. The van der Waals surface area contributed by atoms with Crippen molar-refractivity contribution in [2.24, 2.45) is 0 Å². The Hall–Kier alpha value is -3.73. The number of anilines is 2. The van der Waals surface area contributed by atoms with Crippen molar-refractivity contribution in [1.29, 1.82) is 0 Å². The number of aryl methyl sites for hydroxylation is 1. The van der Waals surface area contributed by atoms with Crippen LogP contribution in [0.5, 0.6) is 0 Å². The van der Waals surface area contributed by atoms with Gasteiger partial charge in [0, 0.05) is 37.0 Å².